The van der Waals surface area contributed by atoms with Crippen molar-refractivity contribution in [2.24, 2.45) is 0 Å². The number of hydrogen-bond donors (Lipinski definition) is 0. The van der Waals surface area contributed by atoms with Gasteiger partial charge < -0.3 is 9.64 Å². The molecule has 0 atom stereocenters. The summed E-state index contributed by atoms with van der Waals surface area (Å²) in [7, 11) is 1.46. The van der Waals surface area contributed by atoms with Crippen LogP contribution in [0.4, 0.5) is 0 Å². The highest BCUT2D eigenvalue weighted by atomic mass is 35.5. The fourth-order valence-corrected chi connectivity index (χ4v) is 6.33. The highest BCUT2D eigenvalue weighted by Gasteiger charge is 2.32. The largest absolute Gasteiger partial charge is 0.468 e. The van der Waals surface area contributed by atoms with Crippen molar-refractivity contribution in [1.82, 2.24) is 9.88 Å². The van der Waals surface area contributed by atoms with E-state index in [4.69, 9.17) is 21.3 Å². The van der Waals surface area contributed by atoms with Crippen molar-refractivity contribution in [3.63, 3.8) is 0 Å². The van der Waals surface area contributed by atoms with Crippen LogP contribution < -0.4 is 0 Å². The van der Waals surface area contributed by atoms with Crippen LogP contribution in [0.5, 0.6) is 0 Å². The van der Waals surface area contributed by atoms with Gasteiger partial charge in [-0.15, -0.1) is 0 Å². The number of nitrogens with zero attached hydrogens (tertiary/aromatic N) is 2. The summed E-state index contributed by atoms with van der Waals surface area (Å²) in [5.74, 6) is -0.194. The average molecular weight is 529 g/mol. The number of pyridine rings is 1. The number of carbonyl (C=O) groups excluding carboxylic acids is 1. The topological polar surface area (TPSA) is 42.4 Å². The van der Waals surface area contributed by atoms with Crippen LogP contribution in [-0.4, -0.2) is 42.6 Å². The number of piperidine rings is 1. The molecular weight excluding hydrogens is 492 g/mol. The summed E-state index contributed by atoms with van der Waals surface area (Å²) in [5, 5.41) is 0.804. The number of ether oxygens (including phenoxy) is 1. The van der Waals surface area contributed by atoms with Crippen LogP contribution in [0, 0.1) is 0 Å². The highest BCUT2D eigenvalue weighted by Crippen LogP contribution is 2.38. The molecule has 38 heavy (non-hydrogen) atoms. The van der Waals surface area contributed by atoms with Crippen molar-refractivity contribution in [2.45, 2.75) is 57.8 Å². The minimum absolute atomic E-state index is 0.194. The number of rotatable bonds is 6. The van der Waals surface area contributed by atoms with E-state index in [2.05, 4.69) is 47.4 Å². The molecule has 0 amide bonds. The van der Waals surface area contributed by atoms with Crippen LogP contribution in [0.3, 0.4) is 0 Å². The number of carbonyl (C=O) groups is 1. The van der Waals surface area contributed by atoms with Gasteiger partial charge in [-0.1, -0.05) is 53.6 Å². The van der Waals surface area contributed by atoms with Gasteiger partial charge in [0.25, 0.3) is 0 Å². The fourth-order valence-electron chi connectivity index (χ4n) is 6.14. The molecule has 2 heterocycles. The molecular formula is C33H37ClN2O2. The lowest BCUT2D eigenvalue weighted by Crippen LogP contribution is -2.33. The monoisotopic (exact) mass is 528 g/mol. The van der Waals surface area contributed by atoms with Crippen LogP contribution in [0.1, 0.15) is 66.6 Å². The van der Waals surface area contributed by atoms with Crippen LogP contribution in [0.25, 0.3) is 5.57 Å². The Morgan fingerprint density at radius 2 is 1.76 bits per heavy atom. The zero-order valence-electron chi connectivity index (χ0n) is 22.7. The molecule has 0 saturated carbocycles. The molecule has 5 rings (SSSR count). The van der Waals surface area contributed by atoms with Crippen molar-refractivity contribution >= 4 is 23.1 Å². The summed E-state index contributed by atoms with van der Waals surface area (Å²) in [5.41, 5.74) is 9.62. The molecule has 0 spiro atoms. The molecule has 0 N–H and O–H groups in total. The molecule has 1 fully saturated rings. The second-order valence-corrected chi connectivity index (χ2v) is 11.4. The normalized spacial score (nSPS) is 16.0. The van der Waals surface area contributed by atoms with E-state index < -0.39 is 5.41 Å². The van der Waals surface area contributed by atoms with Gasteiger partial charge in [0.05, 0.1) is 18.2 Å². The smallest absolute Gasteiger partial charge is 0.315 e. The summed E-state index contributed by atoms with van der Waals surface area (Å²) in [6.45, 7) is 7.06. The molecule has 1 aliphatic heterocycles. The molecule has 198 valence electrons. The molecule has 0 unspecified atom stereocenters. The molecule has 2 aliphatic rings. The Morgan fingerprint density at radius 1 is 1.00 bits per heavy atom. The van der Waals surface area contributed by atoms with E-state index in [0.29, 0.717) is 0 Å². The Labute approximate surface area is 231 Å². The second-order valence-electron chi connectivity index (χ2n) is 11.0. The maximum atomic E-state index is 12.4. The zero-order chi connectivity index (χ0) is 26.7. The van der Waals surface area contributed by atoms with Crippen molar-refractivity contribution in [1.29, 1.82) is 0 Å². The number of methoxy groups -OCH3 is 1. The molecule has 1 aliphatic carbocycles. The van der Waals surface area contributed by atoms with Gasteiger partial charge in [0.1, 0.15) is 0 Å². The number of aryl methyl sites for hydroxylation is 3. The molecule has 1 saturated heterocycles. The first-order valence-electron chi connectivity index (χ1n) is 13.7. The van der Waals surface area contributed by atoms with E-state index in [9.17, 15) is 4.79 Å². The number of hydrogen-bond acceptors (Lipinski definition) is 4. The zero-order valence-corrected chi connectivity index (χ0v) is 23.5. The number of esters is 1. The first kappa shape index (κ1) is 26.6. The molecule has 0 bridgehead atoms. The number of fused-ring (bicyclic) bond motifs is 2. The highest BCUT2D eigenvalue weighted by molar-refractivity contribution is 6.30. The third kappa shape index (κ3) is 5.43. The molecule has 0 radical (unpaired) electrons. The average Bonchev–Trinajstić information content (AvgIpc) is 3.10. The predicted octanol–water partition coefficient (Wildman–Crippen LogP) is 6.81. The number of aromatic nitrogens is 1. The number of benzene rings is 2. The maximum absolute atomic E-state index is 12.4. The van der Waals surface area contributed by atoms with Gasteiger partial charge >= 0.3 is 5.97 Å². The minimum Gasteiger partial charge on any atom is -0.468 e. The van der Waals surface area contributed by atoms with E-state index in [1.54, 1.807) is 0 Å². The Hall–Kier alpha value is -2.95. The van der Waals surface area contributed by atoms with E-state index in [0.717, 1.165) is 74.4 Å². The van der Waals surface area contributed by atoms with E-state index >= 15 is 0 Å². The van der Waals surface area contributed by atoms with Gasteiger partial charge in [-0.3, -0.25) is 9.78 Å². The van der Waals surface area contributed by atoms with Crippen molar-refractivity contribution in [3.05, 3.63) is 105 Å². The van der Waals surface area contributed by atoms with Crippen LogP contribution >= 0.6 is 11.6 Å². The fraction of sp³-hybridized carbons (Fsp3) is 0.394. The van der Waals surface area contributed by atoms with Gasteiger partial charge in [-0.25, -0.2) is 0 Å². The van der Waals surface area contributed by atoms with Gasteiger partial charge in [-0.2, -0.15) is 0 Å². The first-order valence-corrected chi connectivity index (χ1v) is 14.1. The number of likely N-dealkylation sites (tertiary alicyclic amines) is 1. The molecule has 1 aromatic heterocycles. The van der Waals surface area contributed by atoms with Crippen LogP contribution in [-0.2, 0) is 34.2 Å². The number of halogens is 1. The second kappa shape index (κ2) is 11.4. The molecule has 2 aromatic carbocycles. The summed E-state index contributed by atoms with van der Waals surface area (Å²) < 4.78 is 5.08. The third-order valence-electron chi connectivity index (χ3n) is 8.25. The summed E-state index contributed by atoms with van der Waals surface area (Å²) in [6, 6.07) is 18.9. The van der Waals surface area contributed by atoms with E-state index in [-0.39, 0.29) is 5.97 Å². The van der Waals surface area contributed by atoms with Gasteiger partial charge in [-0.05, 0) is 105 Å². The Bertz CT molecular complexity index is 1350. The van der Waals surface area contributed by atoms with Gasteiger partial charge in [0, 0.05) is 29.9 Å². The lowest BCUT2D eigenvalue weighted by Gasteiger charge is -2.30. The van der Waals surface area contributed by atoms with E-state index in [1.807, 2.05) is 32.2 Å². The predicted molar refractivity (Wildman–Crippen MR) is 155 cm³/mol. The maximum Gasteiger partial charge on any atom is 0.315 e. The lowest BCUT2D eigenvalue weighted by molar-refractivity contribution is -0.146. The standard InChI is InChI=1S/C33H37ClN2O2/c1-33(2,32(37)38-3)29-11-5-4-8-23(29)10-7-19-36-20-16-24(17-21-36)30-28-15-14-27(34)22-26(28)13-12-25-9-6-18-35-31(25)30/h4-6,8-9,11,14-15,18,22H,7,10,12-13,16-17,19-21H2,1-3H3. The molecule has 4 nitrogen and oxygen atoms in total. The van der Waals surface area contributed by atoms with E-state index in [1.165, 1.54) is 40.5 Å². The SMILES string of the molecule is COC(=O)C(C)(C)c1ccccc1CCCN1CCC(=C2c3ccc(Cl)cc3CCc3cccnc32)CC1. The Morgan fingerprint density at radius 3 is 2.55 bits per heavy atom. The molecule has 3 aromatic rings. The van der Waals surface area contributed by atoms with Gasteiger partial charge in [0.2, 0.25) is 0 Å². The lowest BCUT2D eigenvalue weighted by atomic mass is 9.81. The Kier molecular flexibility index (Phi) is 8.01. The first-order chi connectivity index (χ1) is 18.4. The molecule has 5 heteroatoms. The summed E-state index contributed by atoms with van der Waals surface area (Å²) in [4.78, 5) is 19.9. The summed E-state index contributed by atoms with van der Waals surface area (Å²) >= 11 is 6.38. The third-order valence-corrected chi connectivity index (χ3v) is 8.48. The van der Waals surface area contributed by atoms with Crippen LogP contribution in [0.15, 0.2) is 66.4 Å². The van der Waals surface area contributed by atoms with Gasteiger partial charge in [0.15, 0.2) is 0 Å². The van der Waals surface area contributed by atoms with Crippen molar-refractivity contribution < 1.29 is 9.53 Å². The quantitative estimate of drug-likeness (QED) is 0.329. The van der Waals surface area contributed by atoms with Crippen molar-refractivity contribution in [3.8, 4) is 0 Å². The minimum atomic E-state index is -0.652. The van der Waals surface area contributed by atoms with Crippen LogP contribution in [0.2, 0.25) is 5.02 Å². The van der Waals surface area contributed by atoms with Crippen molar-refractivity contribution in [2.75, 3.05) is 26.7 Å². The summed E-state index contributed by atoms with van der Waals surface area (Å²) in [6.07, 6.45) is 8.03. The Balaban J connectivity index is 1.29.